The third kappa shape index (κ3) is 5.45. The third-order valence-electron chi connectivity index (χ3n) is 7.09. The zero-order chi connectivity index (χ0) is 23.0. The quantitative estimate of drug-likeness (QED) is 0.398. The lowest BCUT2D eigenvalue weighted by Gasteiger charge is -2.49. The molecule has 0 aromatic heterocycles. The Kier molecular flexibility index (Phi) is 7.77. The molecule has 0 spiro atoms. The van der Waals surface area contributed by atoms with Gasteiger partial charge in [0, 0.05) is 0 Å². The minimum Gasteiger partial charge on any atom is -0.0921 e. The molecule has 170 valence electrons. The van der Waals surface area contributed by atoms with Crippen molar-refractivity contribution in [2.24, 2.45) is 5.92 Å². The van der Waals surface area contributed by atoms with E-state index in [0.29, 0.717) is 16.0 Å². The highest BCUT2D eigenvalue weighted by Crippen LogP contribution is 2.68. The highest BCUT2D eigenvalue weighted by Gasteiger charge is 2.47. The van der Waals surface area contributed by atoms with Gasteiger partial charge in [0.25, 0.3) is 0 Å². The Morgan fingerprint density at radius 2 is 1.19 bits per heavy atom. The summed E-state index contributed by atoms with van der Waals surface area (Å²) in [6.45, 7) is 22.3. The Hall–Kier alpha value is -0.700. The highest BCUT2D eigenvalue weighted by atomic mass is 31.1. The smallest absolute Gasteiger partial charge is 0.0123 e. The zero-order valence-electron chi connectivity index (χ0n) is 21.4. The van der Waals surface area contributed by atoms with Crippen molar-refractivity contribution in [2.45, 2.75) is 103 Å². The van der Waals surface area contributed by atoms with Crippen molar-refractivity contribution in [3.63, 3.8) is 0 Å². The van der Waals surface area contributed by atoms with Crippen LogP contribution in [0.3, 0.4) is 0 Å². The van der Waals surface area contributed by atoms with Crippen LogP contribution in [0.15, 0.2) is 48.5 Å². The number of benzene rings is 2. The lowest BCUT2D eigenvalue weighted by atomic mass is 10.0. The van der Waals surface area contributed by atoms with Gasteiger partial charge in [-0.1, -0.05) is 111 Å². The van der Waals surface area contributed by atoms with Gasteiger partial charge < -0.3 is 0 Å². The van der Waals surface area contributed by atoms with Crippen LogP contribution in [0.2, 0.25) is 0 Å². The minimum atomic E-state index is -0.378. The van der Waals surface area contributed by atoms with Crippen LogP contribution in [0.1, 0.15) is 78.9 Å². The molecule has 0 bridgehead atoms. The van der Waals surface area contributed by atoms with E-state index in [1.54, 1.807) is 10.6 Å². The van der Waals surface area contributed by atoms with Crippen LogP contribution in [-0.4, -0.2) is 21.6 Å². The summed E-state index contributed by atoms with van der Waals surface area (Å²) in [6.07, 6.45) is 4.25. The van der Waals surface area contributed by atoms with Gasteiger partial charge in [-0.25, -0.2) is 0 Å². The van der Waals surface area contributed by atoms with E-state index in [1.165, 1.54) is 30.4 Å². The molecule has 0 aliphatic heterocycles. The fourth-order valence-electron chi connectivity index (χ4n) is 6.28. The van der Waals surface area contributed by atoms with Gasteiger partial charge >= 0.3 is 0 Å². The molecule has 0 saturated heterocycles. The fraction of sp³-hybridized carbons (Fsp3) is 0.586. The van der Waals surface area contributed by atoms with Crippen molar-refractivity contribution in [3.05, 3.63) is 59.7 Å². The van der Waals surface area contributed by atoms with Crippen LogP contribution in [0.25, 0.3) is 0 Å². The van der Waals surface area contributed by atoms with E-state index in [1.807, 2.05) is 0 Å². The predicted molar refractivity (Wildman–Crippen MR) is 146 cm³/mol. The van der Waals surface area contributed by atoms with E-state index in [-0.39, 0.29) is 15.8 Å². The van der Waals surface area contributed by atoms with Crippen LogP contribution >= 0.6 is 15.8 Å². The summed E-state index contributed by atoms with van der Waals surface area (Å²) in [4.78, 5) is 0. The summed E-state index contributed by atoms with van der Waals surface area (Å²) >= 11 is 0. The van der Waals surface area contributed by atoms with Crippen molar-refractivity contribution in [1.82, 2.24) is 0 Å². The van der Waals surface area contributed by atoms with E-state index in [9.17, 15) is 0 Å². The maximum absolute atomic E-state index is 2.60. The van der Waals surface area contributed by atoms with Crippen molar-refractivity contribution in [1.29, 1.82) is 0 Å². The normalized spacial score (nSPS) is 21.1. The largest absolute Gasteiger partial charge is 0.0921 e. The second-order valence-corrected chi connectivity index (χ2v) is 18.2. The van der Waals surface area contributed by atoms with Gasteiger partial charge in [0.2, 0.25) is 0 Å². The molecule has 3 atom stereocenters. The summed E-state index contributed by atoms with van der Waals surface area (Å²) in [6, 6.07) is 18.4. The number of aryl methyl sites for hydroxylation is 2. The van der Waals surface area contributed by atoms with E-state index < -0.39 is 0 Å². The first-order valence-corrected chi connectivity index (χ1v) is 14.9. The first-order valence-electron chi connectivity index (χ1n) is 12.1. The molecule has 0 radical (unpaired) electrons. The average molecular weight is 455 g/mol. The molecule has 0 heterocycles. The maximum atomic E-state index is 2.60. The number of hydrogen-bond acceptors (Lipinski definition) is 0. The van der Waals surface area contributed by atoms with Gasteiger partial charge in [-0.2, -0.15) is 0 Å². The SMILES string of the molecule is Cc1ccccc1P(c1ccccc1C)C(C)C1CCC[C@@H]1P(C(C)(C)C)C(C)(C)C. The van der Waals surface area contributed by atoms with E-state index in [4.69, 9.17) is 0 Å². The molecule has 3 rings (SSSR count). The Labute approximate surface area is 195 Å². The molecule has 1 saturated carbocycles. The minimum absolute atomic E-state index is 0.0832. The van der Waals surface area contributed by atoms with Crippen molar-refractivity contribution in [3.8, 4) is 0 Å². The third-order valence-corrected chi connectivity index (χ3v) is 14.5. The molecule has 1 aliphatic carbocycles. The highest BCUT2D eigenvalue weighted by molar-refractivity contribution is 7.73. The summed E-state index contributed by atoms with van der Waals surface area (Å²) < 4.78 is 0. The van der Waals surface area contributed by atoms with E-state index >= 15 is 0 Å². The van der Waals surface area contributed by atoms with E-state index in [0.717, 1.165) is 11.6 Å². The second kappa shape index (κ2) is 9.65. The molecule has 2 heteroatoms. The molecule has 1 fully saturated rings. The molecule has 0 N–H and O–H groups in total. The lowest BCUT2D eigenvalue weighted by Crippen LogP contribution is -2.37. The molecule has 2 aromatic carbocycles. The first kappa shape index (κ1) is 24.9. The maximum Gasteiger partial charge on any atom is -0.0123 e. The molecule has 0 nitrogen and oxygen atoms in total. The molecule has 1 aliphatic rings. The molecule has 2 unspecified atom stereocenters. The van der Waals surface area contributed by atoms with Gasteiger partial charge in [0.05, 0.1) is 0 Å². The van der Waals surface area contributed by atoms with Crippen molar-refractivity contribution in [2.75, 3.05) is 0 Å². The fourth-order valence-corrected chi connectivity index (χ4v) is 14.9. The monoisotopic (exact) mass is 454 g/mol. The standard InChI is InChI=1S/C29H44P2/c1-21-15-10-12-18-25(21)30(26-19-13-11-16-22(26)2)23(3)24-17-14-20-27(24)31(28(4,5)6)29(7,8)9/h10-13,15-16,18-19,23-24,27H,14,17,20H2,1-9H3/t23?,24?,27-/m0/s1. The van der Waals surface area contributed by atoms with Crippen molar-refractivity contribution >= 4 is 26.5 Å². The zero-order valence-corrected chi connectivity index (χ0v) is 23.2. The molecule has 2 aromatic rings. The average Bonchev–Trinajstić information content (AvgIpc) is 3.11. The van der Waals surface area contributed by atoms with Crippen LogP contribution in [0.4, 0.5) is 0 Å². The Morgan fingerprint density at radius 1 is 0.742 bits per heavy atom. The topological polar surface area (TPSA) is 0 Å². The predicted octanol–water partition coefficient (Wildman–Crippen LogP) is 8.37. The Morgan fingerprint density at radius 3 is 1.61 bits per heavy atom. The lowest BCUT2D eigenvalue weighted by molar-refractivity contribution is 0.531. The molecule has 0 amide bonds. The van der Waals surface area contributed by atoms with Crippen molar-refractivity contribution < 1.29 is 0 Å². The summed E-state index contributed by atoms with van der Waals surface area (Å²) in [5.74, 6) is 0.829. The van der Waals surface area contributed by atoms with Crippen LogP contribution < -0.4 is 10.6 Å². The number of hydrogen-bond donors (Lipinski definition) is 0. The van der Waals surface area contributed by atoms with E-state index in [2.05, 4.69) is 111 Å². The van der Waals surface area contributed by atoms with Gasteiger partial charge in [-0.05, 0) is 83.9 Å². The molecule has 31 heavy (non-hydrogen) atoms. The Balaban J connectivity index is 2.08. The van der Waals surface area contributed by atoms with Gasteiger partial charge in [-0.3, -0.25) is 0 Å². The first-order chi connectivity index (χ1) is 14.4. The van der Waals surface area contributed by atoms with Gasteiger partial charge in [0.1, 0.15) is 0 Å². The second-order valence-electron chi connectivity index (χ2n) is 11.6. The molecular formula is C29H44P2. The molecular weight excluding hydrogens is 410 g/mol. The summed E-state index contributed by atoms with van der Waals surface area (Å²) in [7, 11) is -0.461. The van der Waals surface area contributed by atoms with Gasteiger partial charge in [0.15, 0.2) is 0 Å². The Bertz CT molecular complexity index is 811. The van der Waals surface area contributed by atoms with Gasteiger partial charge in [-0.15, -0.1) is 0 Å². The van der Waals surface area contributed by atoms with Crippen LogP contribution in [-0.2, 0) is 0 Å². The van der Waals surface area contributed by atoms with Crippen LogP contribution in [0.5, 0.6) is 0 Å². The summed E-state index contributed by atoms with van der Waals surface area (Å²) in [5, 5.41) is 3.99. The number of rotatable bonds is 5. The summed E-state index contributed by atoms with van der Waals surface area (Å²) in [5.41, 5.74) is 4.52. The van der Waals surface area contributed by atoms with Crippen LogP contribution in [0, 0.1) is 19.8 Å².